The number of benzene rings is 2. The van der Waals surface area contributed by atoms with Gasteiger partial charge in [0.25, 0.3) is 0 Å². The quantitative estimate of drug-likeness (QED) is 0.725. The molecule has 0 spiro atoms. The fraction of sp³-hybridized carbons (Fsp3) is 0.250. The molecule has 0 unspecified atom stereocenters. The molecule has 2 aromatic carbocycles. The lowest BCUT2D eigenvalue weighted by atomic mass is 10.1. The first kappa shape index (κ1) is 20.7. The molecule has 0 radical (unpaired) electrons. The molecule has 0 aliphatic heterocycles. The predicted molar refractivity (Wildman–Crippen MR) is 98.6 cm³/mol. The highest BCUT2D eigenvalue weighted by atomic mass is 35.5. The van der Waals surface area contributed by atoms with Gasteiger partial charge in [-0.15, -0.1) is 12.4 Å². The lowest BCUT2D eigenvalue weighted by molar-refractivity contribution is 0.328. The minimum atomic E-state index is -3.53. The fourth-order valence-corrected chi connectivity index (χ4v) is 3.15. The van der Waals surface area contributed by atoms with Crippen LogP contribution in [0.5, 0.6) is 5.75 Å². The smallest absolute Gasteiger partial charge is 0.240 e. The molecular weight excluding hydrogens is 371 g/mol. The summed E-state index contributed by atoms with van der Waals surface area (Å²) in [5.41, 5.74) is 6.38. The van der Waals surface area contributed by atoms with Crippen molar-refractivity contribution in [2.45, 2.75) is 11.3 Å². The van der Waals surface area contributed by atoms with Gasteiger partial charge in [-0.25, -0.2) is 13.1 Å². The average Bonchev–Trinajstić information content (AvgIpc) is 2.53. The van der Waals surface area contributed by atoms with Crippen molar-refractivity contribution in [3.05, 3.63) is 59.1 Å². The molecule has 24 heavy (non-hydrogen) atoms. The zero-order valence-electron chi connectivity index (χ0n) is 12.9. The summed E-state index contributed by atoms with van der Waals surface area (Å²) in [7, 11) is -3.53. The Kier molecular flexibility index (Phi) is 8.52. The molecule has 3 N–H and O–H groups in total. The van der Waals surface area contributed by atoms with Crippen LogP contribution in [-0.4, -0.2) is 28.1 Å². The maximum atomic E-state index is 12.1. The topological polar surface area (TPSA) is 81.4 Å². The molecule has 0 aliphatic rings. The molecule has 5 nitrogen and oxygen atoms in total. The van der Waals surface area contributed by atoms with Crippen LogP contribution in [0.3, 0.4) is 0 Å². The van der Waals surface area contributed by atoms with Crippen molar-refractivity contribution in [2.75, 3.05) is 19.7 Å². The normalized spacial score (nSPS) is 10.9. The van der Waals surface area contributed by atoms with E-state index in [0.717, 1.165) is 11.3 Å². The Morgan fingerprint density at radius 1 is 1.12 bits per heavy atom. The number of ether oxygens (including phenoxy) is 1. The number of hydrogen-bond donors (Lipinski definition) is 2. The summed E-state index contributed by atoms with van der Waals surface area (Å²) in [6, 6.07) is 13.6. The largest absolute Gasteiger partial charge is 0.492 e. The van der Waals surface area contributed by atoms with Crippen molar-refractivity contribution in [3.8, 4) is 5.75 Å². The second kappa shape index (κ2) is 9.86. The molecule has 132 valence electrons. The van der Waals surface area contributed by atoms with Crippen molar-refractivity contribution in [1.82, 2.24) is 4.72 Å². The molecule has 0 aromatic heterocycles. The van der Waals surface area contributed by atoms with E-state index in [0.29, 0.717) is 31.1 Å². The van der Waals surface area contributed by atoms with Crippen LogP contribution in [0.4, 0.5) is 0 Å². The Hall–Kier alpha value is -1.31. The minimum absolute atomic E-state index is 0. The van der Waals surface area contributed by atoms with Gasteiger partial charge in [-0.1, -0.05) is 23.7 Å². The van der Waals surface area contributed by atoms with E-state index in [1.54, 1.807) is 12.1 Å². The predicted octanol–water partition coefficient (Wildman–Crippen LogP) is 2.62. The number of sulfonamides is 1. The molecular formula is C16H20Cl2N2O3S. The highest BCUT2D eigenvalue weighted by Gasteiger charge is 2.12. The summed E-state index contributed by atoms with van der Waals surface area (Å²) in [4.78, 5) is 0.196. The van der Waals surface area contributed by atoms with Crippen molar-refractivity contribution in [1.29, 1.82) is 0 Å². The Balaban J connectivity index is 0.00000288. The first-order valence-electron chi connectivity index (χ1n) is 7.18. The fourth-order valence-electron chi connectivity index (χ4n) is 1.99. The lowest BCUT2D eigenvalue weighted by Gasteiger charge is -2.09. The first-order chi connectivity index (χ1) is 11.0. The van der Waals surface area contributed by atoms with Crippen molar-refractivity contribution >= 4 is 34.0 Å². The summed E-state index contributed by atoms with van der Waals surface area (Å²) >= 11 is 5.76. The maximum absolute atomic E-state index is 12.1. The molecule has 0 amide bonds. The third-order valence-corrected chi connectivity index (χ3v) is 4.84. The van der Waals surface area contributed by atoms with E-state index in [1.165, 1.54) is 12.1 Å². The van der Waals surface area contributed by atoms with E-state index in [2.05, 4.69) is 4.72 Å². The molecule has 8 heteroatoms. The van der Waals surface area contributed by atoms with Crippen molar-refractivity contribution in [2.24, 2.45) is 5.73 Å². The molecule has 0 fully saturated rings. The number of halogens is 2. The molecule has 0 saturated heterocycles. The Bertz CT molecular complexity index is 737. The third-order valence-electron chi connectivity index (χ3n) is 3.11. The standard InChI is InChI=1S/C16H19ClN2O3S.ClH/c17-14-4-6-16(7-5-14)23(20,21)19-10-8-13-2-1-3-15(12-13)22-11-9-18;/h1-7,12,19H,8-11,18H2;1H. The highest BCUT2D eigenvalue weighted by molar-refractivity contribution is 7.89. The van der Waals surface area contributed by atoms with Gasteiger partial charge in [0.2, 0.25) is 10.0 Å². The van der Waals surface area contributed by atoms with Gasteiger partial charge in [-0.3, -0.25) is 0 Å². The number of hydrogen-bond acceptors (Lipinski definition) is 4. The highest BCUT2D eigenvalue weighted by Crippen LogP contribution is 2.15. The second-order valence-electron chi connectivity index (χ2n) is 4.89. The molecule has 0 saturated carbocycles. The van der Waals surface area contributed by atoms with Crippen LogP contribution in [-0.2, 0) is 16.4 Å². The summed E-state index contributed by atoms with van der Waals surface area (Å²) in [5.74, 6) is 0.730. The molecule has 0 aliphatic carbocycles. The van der Waals surface area contributed by atoms with Crippen LogP contribution in [0.2, 0.25) is 5.02 Å². The van der Waals surface area contributed by atoms with E-state index in [-0.39, 0.29) is 17.3 Å². The zero-order valence-corrected chi connectivity index (χ0v) is 15.3. The Morgan fingerprint density at radius 3 is 2.50 bits per heavy atom. The SMILES string of the molecule is Cl.NCCOc1cccc(CCNS(=O)(=O)c2ccc(Cl)cc2)c1. The van der Waals surface area contributed by atoms with Crippen LogP contribution in [0.25, 0.3) is 0 Å². The van der Waals surface area contributed by atoms with E-state index in [4.69, 9.17) is 22.1 Å². The van der Waals surface area contributed by atoms with Gasteiger partial charge in [-0.05, 0) is 48.4 Å². The van der Waals surface area contributed by atoms with Crippen LogP contribution < -0.4 is 15.2 Å². The van der Waals surface area contributed by atoms with E-state index >= 15 is 0 Å². The number of nitrogens with one attached hydrogen (secondary N) is 1. The summed E-state index contributed by atoms with van der Waals surface area (Å²) in [5, 5.41) is 0.498. The van der Waals surface area contributed by atoms with Crippen LogP contribution in [0.15, 0.2) is 53.4 Å². The van der Waals surface area contributed by atoms with Gasteiger partial charge in [-0.2, -0.15) is 0 Å². The van der Waals surface area contributed by atoms with Gasteiger partial charge >= 0.3 is 0 Å². The monoisotopic (exact) mass is 390 g/mol. The van der Waals surface area contributed by atoms with Crippen LogP contribution in [0.1, 0.15) is 5.56 Å². The molecule has 0 bridgehead atoms. The zero-order chi connectivity index (χ0) is 16.7. The van der Waals surface area contributed by atoms with Gasteiger partial charge in [0.05, 0.1) is 4.90 Å². The molecule has 2 aromatic rings. The van der Waals surface area contributed by atoms with Crippen LogP contribution in [0, 0.1) is 0 Å². The number of nitrogens with two attached hydrogens (primary N) is 1. The Morgan fingerprint density at radius 2 is 1.83 bits per heavy atom. The van der Waals surface area contributed by atoms with Gasteiger partial charge in [0.15, 0.2) is 0 Å². The minimum Gasteiger partial charge on any atom is -0.492 e. The van der Waals surface area contributed by atoms with Crippen molar-refractivity contribution < 1.29 is 13.2 Å². The van der Waals surface area contributed by atoms with E-state index in [1.807, 2.05) is 24.3 Å². The Labute approximate surface area is 153 Å². The lowest BCUT2D eigenvalue weighted by Crippen LogP contribution is -2.25. The van der Waals surface area contributed by atoms with Gasteiger partial charge in [0, 0.05) is 18.1 Å². The second-order valence-corrected chi connectivity index (χ2v) is 7.09. The third kappa shape index (κ3) is 6.30. The summed E-state index contributed by atoms with van der Waals surface area (Å²) in [6.45, 7) is 1.20. The van der Waals surface area contributed by atoms with Gasteiger partial charge < -0.3 is 10.5 Å². The average molecular weight is 391 g/mol. The molecule has 0 heterocycles. The summed E-state index contributed by atoms with van der Waals surface area (Å²) < 4.78 is 32.3. The maximum Gasteiger partial charge on any atom is 0.240 e. The summed E-state index contributed by atoms with van der Waals surface area (Å²) in [6.07, 6.45) is 0.562. The number of rotatable bonds is 8. The first-order valence-corrected chi connectivity index (χ1v) is 9.04. The van der Waals surface area contributed by atoms with Gasteiger partial charge in [0.1, 0.15) is 12.4 Å². The van der Waals surface area contributed by atoms with E-state index in [9.17, 15) is 8.42 Å². The van der Waals surface area contributed by atoms with Crippen LogP contribution >= 0.6 is 24.0 Å². The van der Waals surface area contributed by atoms with Crippen molar-refractivity contribution in [3.63, 3.8) is 0 Å². The molecule has 0 atom stereocenters. The molecule has 2 rings (SSSR count). The van der Waals surface area contributed by atoms with E-state index < -0.39 is 10.0 Å².